The normalized spacial score (nSPS) is 10.4. The molecule has 0 unspecified atom stereocenters. The van der Waals surface area contributed by atoms with Gasteiger partial charge in [-0.2, -0.15) is 0 Å². The van der Waals surface area contributed by atoms with Crippen LogP contribution in [0.15, 0.2) is 28.5 Å². The molecule has 7 heteroatoms. The molecule has 0 spiro atoms. The molecule has 100 valence electrons. The summed E-state index contributed by atoms with van der Waals surface area (Å²) in [6.07, 6.45) is 0. The van der Waals surface area contributed by atoms with Gasteiger partial charge in [0.2, 0.25) is 0 Å². The molecule has 1 aromatic heterocycles. The van der Waals surface area contributed by atoms with E-state index in [0.717, 1.165) is 21.8 Å². The van der Waals surface area contributed by atoms with Gasteiger partial charge in [-0.05, 0) is 30.7 Å². The Balaban J connectivity index is 2.00. The van der Waals surface area contributed by atoms with Crippen LogP contribution < -0.4 is 17.0 Å². The molecule has 1 amide bonds. The molecule has 1 heterocycles. The van der Waals surface area contributed by atoms with Gasteiger partial charge < -0.3 is 5.73 Å². The van der Waals surface area contributed by atoms with Gasteiger partial charge in [0.25, 0.3) is 5.91 Å². The highest BCUT2D eigenvalue weighted by Gasteiger charge is 2.09. The number of rotatable bonds is 4. The van der Waals surface area contributed by atoms with Crippen LogP contribution in [0.4, 0.5) is 5.69 Å². The summed E-state index contributed by atoms with van der Waals surface area (Å²) in [4.78, 5) is 16.6. The first-order valence-corrected chi connectivity index (χ1v) is 7.41. The SMILES string of the molecule is Cc1cc(SCc2csc(C(=O)NN)n2)ccc1N. The van der Waals surface area contributed by atoms with Crippen molar-refractivity contribution in [1.82, 2.24) is 10.4 Å². The Morgan fingerprint density at radius 3 is 3.00 bits per heavy atom. The van der Waals surface area contributed by atoms with Gasteiger partial charge in [-0.25, -0.2) is 10.8 Å². The minimum absolute atomic E-state index is 0.357. The molecule has 1 aromatic carbocycles. The van der Waals surface area contributed by atoms with Crippen LogP contribution in [0.3, 0.4) is 0 Å². The fourth-order valence-corrected chi connectivity index (χ4v) is 3.15. The van der Waals surface area contributed by atoms with E-state index >= 15 is 0 Å². The van der Waals surface area contributed by atoms with Crippen LogP contribution in [0.5, 0.6) is 0 Å². The number of nitrogens with two attached hydrogens (primary N) is 2. The topological polar surface area (TPSA) is 94.0 Å². The largest absolute Gasteiger partial charge is 0.399 e. The van der Waals surface area contributed by atoms with Crippen molar-refractivity contribution in [2.75, 3.05) is 5.73 Å². The lowest BCUT2D eigenvalue weighted by Crippen LogP contribution is -2.29. The summed E-state index contributed by atoms with van der Waals surface area (Å²) in [5.74, 6) is 5.41. The van der Waals surface area contributed by atoms with E-state index < -0.39 is 0 Å². The van der Waals surface area contributed by atoms with Crippen molar-refractivity contribution >= 4 is 34.7 Å². The van der Waals surface area contributed by atoms with Crippen LogP contribution in [0.1, 0.15) is 21.1 Å². The van der Waals surface area contributed by atoms with Crippen molar-refractivity contribution in [1.29, 1.82) is 0 Å². The summed E-state index contributed by atoms with van der Waals surface area (Å²) in [6, 6.07) is 5.92. The first kappa shape index (κ1) is 13.9. The predicted octanol–water partition coefficient (Wildman–Crippen LogP) is 1.93. The summed E-state index contributed by atoms with van der Waals surface area (Å²) in [7, 11) is 0. The number of benzene rings is 1. The first-order valence-electron chi connectivity index (χ1n) is 5.54. The maximum atomic E-state index is 11.3. The molecule has 0 saturated carbocycles. The third-order valence-electron chi connectivity index (χ3n) is 2.51. The number of hydrogen-bond donors (Lipinski definition) is 3. The molecule has 0 bridgehead atoms. The zero-order chi connectivity index (χ0) is 13.8. The molecular formula is C12H14N4OS2. The molecule has 0 aliphatic rings. The molecule has 19 heavy (non-hydrogen) atoms. The number of nitrogens with zero attached hydrogens (tertiary/aromatic N) is 1. The second-order valence-electron chi connectivity index (χ2n) is 3.92. The smallest absolute Gasteiger partial charge is 0.294 e. The summed E-state index contributed by atoms with van der Waals surface area (Å²) in [5.41, 5.74) is 10.6. The highest BCUT2D eigenvalue weighted by Crippen LogP contribution is 2.26. The third kappa shape index (κ3) is 3.46. The van der Waals surface area contributed by atoms with Crippen molar-refractivity contribution in [2.24, 2.45) is 5.84 Å². The van der Waals surface area contributed by atoms with Gasteiger partial charge in [0.15, 0.2) is 5.01 Å². The Bertz CT molecular complexity index is 597. The molecule has 0 fully saturated rings. The number of thioether (sulfide) groups is 1. The van der Waals surface area contributed by atoms with E-state index in [1.165, 1.54) is 11.3 Å². The van der Waals surface area contributed by atoms with Gasteiger partial charge in [0, 0.05) is 21.7 Å². The molecule has 2 rings (SSSR count). The summed E-state index contributed by atoms with van der Waals surface area (Å²) < 4.78 is 0. The fraction of sp³-hybridized carbons (Fsp3) is 0.167. The number of nitrogen functional groups attached to an aromatic ring is 2. The maximum absolute atomic E-state index is 11.3. The van der Waals surface area contributed by atoms with E-state index in [4.69, 9.17) is 11.6 Å². The van der Waals surface area contributed by atoms with Gasteiger partial charge in [-0.1, -0.05) is 0 Å². The summed E-state index contributed by atoms with van der Waals surface area (Å²) >= 11 is 2.94. The molecule has 0 radical (unpaired) electrons. The summed E-state index contributed by atoms with van der Waals surface area (Å²) in [6.45, 7) is 1.98. The van der Waals surface area contributed by atoms with Crippen LogP contribution in [0, 0.1) is 6.92 Å². The Morgan fingerprint density at radius 1 is 1.53 bits per heavy atom. The Kier molecular flexibility index (Phi) is 4.41. The first-order chi connectivity index (χ1) is 9.10. The maximum Gasteiger partial charge on any atom is 0.294 e. The standard InChI is InChI=1S/C12H14N4OS2/c1-7-4-9(2-3-10(7)13)18-5-8-6-19-12(15-8)11(17)16-14/h2-4,6H,5,13-14H2,1H3,(H,16,17). The lowest BCUT2D eigenvalue weighted by molar-refractivity contribution is 0.0953. The number of carbonyl (C=O) groups excluding carboxylic acids is 1. The number of aryl methyl sites for hydroxylation is 1. The number of nitrogens with one attached hydrogen (secondary N) is 1. The van der Waals surface area contributed by atoms with Crippen LogP contribution in [-0.2, 0) is 5.75 Å². The van der Waals surface area contributed by atoms with Gasteiger partial charge in [0.05, 0.1) is 5.69 Å². The molecule has 5 N–H and O–H groups in total. The Hall–Kier alpha value is -1.57. The Labute approximate surface area is 119 Å². The molecule has 0 saturated heterocycles. The van der Waals surface area contributed by atoms with Gasteiger partial charge in [0.1, 0.15) is 0 Å². The van der Waals surface area contributed by atoms with Crippen LogP contribution >= 0.6 is 23.1 Å². The van der Waals surface area contributed by atoms with Gasteiger partial charge in [-0.3, -0.25) is 10.2 Å². The number of thiazole rings is 1. The van der Waals surface area contributed by atoms with Crippen molar-refractivity contribution in [3.63, 3.8) is 0 Å². The van der Waals surface area contributed by atoms with Crippen molar-refractivity contribution in [2.45, 2.75) is 17.6 Å². The Morgan fingerprint density at radius 2 is 2.32 bits per heavy atom. The van der Waals surface area contributed by atoms with Gasteiger partial charge >= 0.3 is 0 Å². The van der Waals surface area contributed by atoms with E-state index in [1.54, 1.807) is 11.8 Å². The second kappa shape index (κ2) is 6.05. The van der Waals surface area contributed by atoms with E-state index in [9.17, 15) is 4.79 Å². The van der Waals surface area contributed by atoms with E-state index in [2.05, 4.69) is 10.4 Å². The zero-order valence-electron chi connectivity index (χ0n) is 10.3. The average molecular weight is 294 g/mol. The number of amides is 1. The second-order valence-corrected chi connectivity index (χ2v) is 5.83. The molecule has 0 atom stereocenters. The van der Waals surface area contributed by atoms with Crippen LogP contribution in [0.2, 0.25) is 0 Å². The molecule has 5 nitrogen and oxygen atoms in total. The molecule has 0 aliphatic heterocycles. The molecule has 2 aromatic rings. The number of hydrogen-bond acceptors (Lipinski definition) is 6. The predicted molar refractivity (Wildman–Crippen MR) is 78.9 cm³/mol. The van der Waals surface area contributed by atoms with Crippen molar-refractivity contribution in [3.05, 3.63) is 39.8 Å². The van der Waals surface area contributed by atoms with Gasteiger partial charge in [-0.15, -0.1) is 23.1 Å². The van der Waals surface area contributed by atoms with Crippen molar-refractivity contribution < 1.29 is 4.79 Å². The minimum atomic E-state index is -0.357. The zero-order valence-corrected chi connectivity index (χ0v) is 12.0. The highest BCUT2D eigenvalue weighted by molar-refractivity contribution is 7.98. The van der Waals surface area contributed by atoms with Crippen LogP contribution in [0.25, 0.3) is 0 Å². The molecule has 0 aliphatic carbocycles. The quantitative estimate of drug-likeness (QED) is 0.263. The lowest BCUT2D eigenvalue weighted by Gasteiger charge is -2.03. The fourth-order valence-electron chi connectivity index (χ4n) is 1.43. The van der Waals surface area contributed by atoms with Crippen LogP contribution in [-0.4, -0.2) is 10.9 Å². The lowest BCUT2D eigenvalue weighted by atomic mass is 10.2. The highest BCUT2D eigenvalue weighted by atomic mass is 32.2. The van der Waals surface area contributed by atoms with E-state index in [1.807, 2.05) is 30.5 Å². The monoisotopic (exact) mass is 294 g/mol. The number of anilines is 1. The molecular weight excluding hydrogens is 280 g/mol. The number of hydrazine groups is 1. The average Bonchev–Trinajstić information content (AvgIpc) is 2.88. The number of aromatic nitrogens is 1. The third-order valence-corrected chi connectivity index (χ3v) is 4.42. The van der Waals surface area contributed by atoms with Crippen molar-refractivity contribution in [3.8, 4) is 0 Å². The minimum Gasteiger partial charge on any atom is -0.399 e. The van der Waals surface area contributed by atoms with E-state index in [0.29, 0.717) is 10.8 Å². The summed E-state index contributed by atoms with van der Waals surface area (Å²) in [5, 5.41) is 2.24. The van der Waals surface area contributed by atoms with E-state index in [-0.39, 0.29) is 5.91 Å². The number of carbonyl (C=O) groups is 1.